The van der Waals surface area contributed by atoms with Gasteiger partial charge in [0.1, 0.15) is 23.1 Å². The Hall–Kier alpha value is -5.17. The first-order chi connectivity index (χ1) is 17.9. The van der Waals surface area contributed by atoms with Crippen LogP contribution in [0, 0.1) is 0 Å². The van der Waals surface area contributed by atoms with Crippen molar-refractivity contribution in [2.75, 3.05) is 7.11 Å². The number of benzene rings is 3. The van der Waals surface area contributed by atoms with Crippen molar-refractivity contribution in [1.29, 1.82) is 0 Å². The third-order valence-electron chi connectivity index (χ3n) is 4.90. The van der Waals surface area contributed by atoms with Gasteiger partial charge < -0.3 is 20.3 Å². The van der Waals surface area contributed by atoms with Gasteiger partial charge in [-0.05, 0) is 42.0 Å². The van der Waals surface area contributed by atoms with Crippen LogP contribution in [0.2, 0.25) is 0 Å². The summed E-state index contributed by atoms with van der Waals surface area (Å²) >= 11 is 0. The smallest absolute Gasteiger partial charge is 0.337 e. The zero-order chi connectivity index (χ0) is 26.6. The van der Waals surface area contributed by atoms with Crippen LogP contribution in [-0.4, -0.2) is 29.9 Å². The van der Waals surface area contributed by atoms with Crippen LogP contribution >= 0.6 is 0 Å². The number of esters is 1. The summed E-state index contributed by atoms with van der Waals surface area (Å²) < 4.78 is 10.3. The first-order valence-electron chi connectivity index (χ1n) is 11.2. The van der Waals surface area contributed by atoms with E-state index in [1.54, 1.807) is 36.4 Å². The molecular formula is C30H27N3O4. The second-order valence-electron chi connectivity index (χ2n) is 7.63. The Morgan fingerprint density at radius 2 is 1.43 bits per heavy atom. The van der Waals surface area contributed by atoms with E-state index in [1.165, 1.54) is 25.3 Å². The van der Waals surface area contributed by atoms with Gasteiger partial charge in [-0.1, -0.05) is 73.8 Å². The number of nitrogens with two attached hydrogens (primary N) is 1. The van der Waals surface area contributed by atoms with Gasteiger partial charge in [0, 0.05) is 11.6 Å². The first kappa shape index (κ1) is 26.4. The second-order valence-corrected chi connectivity index (χ2v) is 7.63. The summed E-state index contributed by atoms with van der Waals surface area (Å²) in [6.45, 7) is 7.83. The van der Waals surface area contributed by atoms with Crippen molar-refractivity contribution in [3.63, 3.8) is 0 Å². The summed E-state index contributed by atoms with van der Waals surface area (Å²) in [5.74, 6) is 0.571. The lowest BCUT2D eigenvalue weighted by Crippen LogP contribution is -2.16. The molecule has 0 aliphatic rings. The van der Waals surface area contributed by atoms with Gasteiger partial charge in [0.2, 0.25) is 0 Å². The molecule has 186 valence electrons. The number of allylic oxidation sites excluding steroid dienone is 2. The molecule has 0 saturated carbocycles. The van der Waals surface area contributed by atoms with E-state index >= 15 is 0 Å². The number of rotatable bonds is 9. The Morgan fingerprint density at radius 3 is 2.05 bits per heavy atom. The van der Waals surface area contributed by atoms with E-state index in [2.05, 4.69) is 23.1 Å². The number of hydrogen-bond acceptors (Lipinski definition) is 5. The molecule has 3 aromatic carbocycles. The van der Waals surface area contributed by atoms with E-state index in [1.807, 2.05) is 48.5 Å². The van der Waals surface area contributed by atoms with E-state index in [-0.39, 0.29) is 17.4 Å². The number of aliphatic imine (C=N–C) groups is 2. The van der Waals surface area contributed by atoms with Crippen LogP contribution in [0.1, 0.15) is 21.5 Å². The molecule has 7 heteroatoms. The molecule has 0 aromatic heterocycles. The van der Waals surface area contributed by atoms with Crippen molar-refractivity contribution in [2.24, 2.45) is 15.7 Å². The topological polar surface area (TPSA) is 106 Å². The number of carbonyl (C=O) groups is 1. The highest BCUT2D eigenvalue weighted by Gasteiger charge is 2.08. The minimum absolute atomic E-state index is 0.111. The molecule has 0 heterocycles. The normalized spacial score (nSPS) is 12.3. The molecule has 0 radical (unpaired) electrons. The molecule has 3 aromatic rings. The first-order valence-corrected chi connectivity index (χ1v) is 11.2. The molecule has 3 rings (SSSR count). The number of hydrogen-bond donors (Lipinski definition) is 2. The van der Waals surface area contributed by atoms with Crippen molar-refractivity contribution in [3.8, 4) is 5.75 Å². The maximum atomic E-state index is 11.7. The van der Waals surface area contributed by atoms with Crippen LogP contribution in [0.15, 0.2) is 138 Å². The summed E-state index contributed by atoms with van der Waals surface area (Å²) in [5, 5.41) is 10.5. The van der Waals surface area contributed by atoms with Gasteiger partial charge in [-0.25, -0.2) is 14.8 Å². The number of methoxy groups -OCH3 is 1. The highest BCUT2D eigenvalue weighted by atomic mass is 16.5. The minimum Gasteiger partial charge on any atom is -0.508 e. The Kier molecular flexibility index (Phi) is 9.33. The maximum absolute atomic E-state index is 11.7. The molecule has 0 spiro atoms. The van der Waals surface area contributed by atoms with Crippen molar-refractivity contribution in [2.45, 2.75) is 0 Å². The summed E-state index contributed by atoms with van der Waals surface area (Å²) in [7, 11) is 1.31. The Morgan fingerprint density at radius 1 is 0.838 bits per heavy atom. The predicted molar refractivity (Wildman–Crippen MR) is 147 cm³/mol. The Labute approximate surface area is 215 Å². The van der Waals surface area contributed by atoms with Crippen molar-refractivity contribution in [1.82, 2.24) is 0 Å². The van der Waals surface area contributed by atoms with Gasteiger partial charge in [0.15, 0.2) is 5.84 Å². The lowest BCUT2D eigenvalue weighted by atomic mass is 10.1. The summed E-state index contributed by atoms with van der Waals surface area (Å²) in [6, 6.07) is 24.9. The molecule has 37 heavy (non-hydrogen) atoms. The molecule has 0 bridgehead atoms. The molecular weight excluding hydrogens is 466 g/mol. The summed E-state index contributed by atoms with van der Waals surface area (Å²) in [6.07, 6.45) is 4.26. The van der Waals surface area contributed by atoms with E-state index in [0.29, 0.717) is 28.3 Å². The molecule has 0 aliphatic carbocycles. The van der Waals surface area contributed by atoms with Crippen LogP contribution in [0.4, 0.5) is 0 Å². The third kappa shape index (κ3) is 8.22. The molecule has 7 nitrogen and oxygen atoms in total. The van der Waals surface area contributed by atoms with Gasteiger partial charge in [0.25, 0.3) is 0 Å². The fraction of sp³-hybridized carbons (Fsp3) is 0.0333. The molecule has 0 saturated heterocycles. The van der Waals surface area contributed by atoms with Gasteiger partial charge >= 0.3 is 5.97 Å². The number of para-hydroxylation sites is 1. The van der Waals surface area contributed by atoms with E-state index in [4.69, 9.17) is 15.2 Å². The van der Waals surface area contributed by atoms with E-state index in [0.717, 1.165) is 5.56 Å². The summed E-state index contributed by atoms with van der Waals surface area (Å²) in [5.41, 5.74) is 8.36. The maximum Gasteiger partial charge on any atom is 0.337 e. The number of ether oxygens (including phenoxy) is 2. The van der Waals surface area contributed by atoms with E-state index < -0.39 is 5.97 Å². The summed E-state index contributed by atoms with van der Waals surface area (Å²) in [4.78, 5) is 20.5. The Balaban J connectivity index is 1.87. The van der Waals surface area contributed by atoms with Gasteiger partial charge in [0.05, 0.1) is 18.4 Å². The lowest BCUT2D eigenvalue weighted by molar-refractivity contribution is 0.0600. The van der Waals surface area contributed by atoms with Crippen molar-refractivity contribution in [3.05, 3.63) is 145 Å². The standard InChI is InChI=1S/C30H27N3O4/c1-21(37-27-12-8-5-9-13-27)14-19-26(34)20-28(32-22(2)23-10-6-4-7-11-23)33-29(31)24-15-17-25(18-16-24)30(35)36-3/h4-20,34H,1-2H2,3H3,(H2,31,32,33)/b19-14-,26-20-. The largest absolute Gasteiger partial charge is 0.508 e. The zero-order valence-electron chi connectivity index (χ0n) is 20.4. The van der Waals surface area contributed by atoms with Gasteiger partial charge in [-0.2, -0.15) is 0 Å². The highest BCUT2D eigenvalue weighted by Crippen LogP contribution is 2.15. The fourth-order valence-corrected chi connectivity index (χ4v) is 3.04. The quantitative estimate of drug-likeness (QED) is 0.128. The average molecular weight is 494 g/mol. The lowest BCUT2D eigenvalue weighted by Gasteiger charge is -2.06. The highest BCUT2D eigenvalue weighted by molar-refractivity contribution is 6.10. The second kappa shape index (κ2) is 13.1. The average Bonchev–Trinajstić information content (AvgIpc) is 2.92. The van der Waals surface area contributed by atoms with Crippen LogP contribution < -0.4 is 10.5 Å². The SMILES string of the molecule is C=C(\C=C/C(O)=C/C(=N/C(=C)c1ccccc1)/N=C(\N)c1ccc(C(=O)OC)cc1)Oc1ccccc1. The predicted octanol–water partition coefficient (Wildman–Crippen LogP) is 5.84. The zero-order valence-corrected chi connectivity index (χ0v) is 20.4. The van der Waals surface area contributed by atoms with Crippen molar-refractivity contribution >= 4 is 23.3 Å². The molecule has 0 atom stereocenters. The van der Waals surface area contributed by atoms with Crippen LogP contribution in [0.3, 0.4) is 0 Å². The number of aliphatic hydroxyl groups excluding tert-OH is 1. The molecule has 0 fully saturated rings. The fourth-order valence-electron chi connectivity index (χ4n) is 3.04. The van der Waals surface area contributed by atoms with Crippen LogP contribution in [-0.2, 0) is 4.74 Å². The van der Waals surface area contributed by atoms with Crippen LogP contribution in [0.25, 0.3) is 5.70 Å². The van der Waals surface area contributed by atoms with E-state index in [9.17, 15) is 9.90 Å². The third-order valence-corrected chi connectivity index (χ3v) is 4.90. The molecule has 0 unspecified atom stereocenters. The van der Waals surface area contributed by atoms with Gasteiger partial charge in [-0.15, -0.1) is 0 Å². The Bertz CT molecular complexity index is 1370. The molecule has 0 amide bonds. The van der Waals surface area contributed by atoms with Gasteiger partial charge in [-0.3, -0.25) is 0 Å². The van der Waals surface area contributed by atoms with Crippen molar-refractivity contribution < 1.29 is 19.4 Å². The molecule has 0 aliphatic heterocycles. The minimum atomic E-state index is -0.457. The number of carbonyl (C=O) groups excluding carboxylic acids is 1. The van der Waals surface area contributed by atoms with Crippen LogP contribution in [0.5, 0.6) is 5.75 Å². The monoisotopic (exact) mass is 493 g/mol. The number of nitrogens with zero attached hydrogens (tertiary/aromatic N) is 2. The molecule has 3 N–H and O–H groups in total. The number of aliphatic hydroxyl groups is 1. The number of amidine groups is 2.